The number of amides is 1. The number of ether oxygens (including phenoxy) is 1. The van der Waals surface area contributed by atoms with Crippen LogP contribution in [0.15, 0.2) is 64.5 Å². The van der Waals surface area contributed by atoms with Crippen LogP contribution in [-0.4, -0.2) is 30.5 Å². The topological polar surface area (TPSA) is 51.2 Å². The van der Waals surface area contributed by atoms with Crippen LogP contribution < -0.4 is 10.1 Å². The third-order valence-corrected chi connectivity index (χ3v) is 7.86. The highest BCUT2D eigenvalue weighted by Crippen LogP contribution is 2.38. The van der Waals surface area contributed by atoms with E-state index >= 15 is 0 Å². The predicted octanol–water partition coefficient (Wildman–Crippen LogP) is 7.47. The van der Waals surface area contributed by atoms with Gasteiger partial charge in [-0.25, -0.2) is 4.98 Å². The van der Waals surface area contributed by atoms with Crippen LogP contribution in [0, 0.1) is 6.92 Å². The Morgan fingerprint density at radius 2 is 1.71 bits per heavy atom. The zero-order valence-corrected chi connectivity index (χ0v) is 22.1. The lowest BCUT2D eigenvalue weighted by Gasteiger charge is -2.20. The molecule has 10 heteroatoms. The SMILES string of the molecule is COc1ccc(CSC(C(=O)Nc2c(SC)cc(C)nc2SC)c2ccc(C(F)(F)F)cc2)cc1. The van der Waals surface area contributed by atoms with Crippen LogP contribution in [0.25, 0.3) is 0 Å². The minimum Gasteiger partial charge on any atom is -0.497 e. The Morgan fingerprint density at radius 1 is 1.06 bits per heavy atom. The van der Waals surface area contributed by atoms with Crippen molar-refractivity contribution in [3.63, 3.8) is 0 Å². The Kier molecular flexibility index (Phi) is 9.43. The first-order chi connectivity index (χ1) is 16.7. The number of aromatic nitrogens is 1. The van der Waals surface area contributed by atoms with Crippen LogP contribution in [0.5, 0.6) is 5.75 Å². The van der Waals surface area contributed by atoms with Crippen molar-refractivity contribution in [3.8, 4) is 5.75 Å². The van der Waals surface area contributed by atoms with Crippen molar-refractivity contribution in [1.82, 2.24) is 4.98 Å². The third kappa shape index (κ3) is 7.11. The van der Waals surface area contributed by atoms with E-state index in [1.165, 1.54) is 47.4 Å². The molecule has 1 heterocycles. The number of aryl methyl sites for hydroxylation is 1. The normalized spacial score (nSPS) is 12.3. The van der Waals surface area contributed by atoms with Crippen LogP contribution in [-0.2, 0) is 16.7 Å². The zero-order chi connectivity index (χ0) is 25.6. The van der Waals surface area contributed by atoms with Crippen LogP contribution in [0.4, 0.5) is 18.9 Å². The summed E-state index contributed by atoms with van der Waals surface area (Å²) in [5.74, 6) is 0.886. The number of carbonyl (C=O) groups is 1. The molecule has 0 aliphatic rings. The molecule has 3 rings (SSSR count). The number of halogens is 3. The summed E-state index contributed by atoms with van der Waals surface area (Å²) in [4.78, 5) is 18.9. The number of nitrogens with one attached hydrogen (secondary N) is 1. The lowest BCUT2D eigenvalue weighted by atomic mass is 10.1. The molecule has 35 heavy (non-hydrogen) atoms. The van der Waals surface area contributed by atoms with Gasteiger partial charge >= 0.3 is 6.18 Å². The van der Waals surface area contributed by atoms with Crippen molar-refractivity contribution in [3.05, 3.63) is 77.0 Å². The van der Waals surface area contributed by atoms with E-state index < -0.39 is 17.0 Å². The average molecular weight is 539 g/mol. The minimum atomic E-state index is -4.44. The van der Waals surface area contributed by atoms with Gasteiger partial charge in [-0.1, -0.05) is 24.3 Å². The van der Waals surface area contributed by atoms with Crippen LogP contribution in [0.1, 0.15) is 27.6 Å². The Hall–Kier alpha value is -2.30. The van der Waals surface area contributed by atoms with Gasteiger partial charge in [-0.3, -0.25) is 4.79 Å². The Balaban J connectivity index is 1.92. The number of methoxy groups -OCH3 is 1. The summed E-state index contributed by atoms with van der Waals surface area (Å²) >= 11 is 4.26. The number of alkyl halides is 3. The molecule has 0 spiro atoms. The van der Waals surface area contributed by atoms with Crippen LogP contribution >= 0.6 is 35.3 Å². The number of thioether (sulfide) groups is 3. The Morgan fingerprint density at radius 3 is 2.26 bits per heavy atom. The van der Waals surface area contributed by atoms with Crippen molar-refractivity contribution in [2.24, 2.45) is 0 Å². The Labute approximate surface area is 215 Å². The van der Waals surface area contributed by atoms with Crippen molar-refractivity contribution in [1.29, 1.82) is 0 Å². The molecule has 1 aromatic heterocycles. The average Bonchev–Trinajstić information content (AvgIpc) is 2.85. The standard InChI is InChI=1S/C25H25F3N2O2S3/c1-15-13-20(33-3)21(24(29-15)34-4)30-23(31)22(17-7-9-18(10-8-17)25(26,27)28)35-14-16-5-11-19(32-2)12-6-16/h5-13,22H,14H2,1-4H3,(H,30,31). The molecular weight excluding hydrogens is 513 g/mol. The molecule has 2 aromatic carbocycles. The highest BCUT2D eigenvalue weighted by Gasteiger charge is 2.31. The first-order valence-electron chi connectivity index (χ1n) is 10.5. The maximum atomic E-state index is 13.5. The van der Waals surface area contributed by atoms with E-state index in [9.17, 15) is 18.0 Å². The maximum Gasteiger partial charge on any atom is 0.416 e. The number of carbonyl (C=O) groups excluding carboxylic acids is 1. The molecule has 0 fully saturated rings. The molecule has 0 radical (unpaired) electrons. The summed E-state index contributed by atoms with van der Waals surface area (Å²) in [6.45, 7) is 1.89. The monoisotopic (exact) mass is 538 g/mol. The molecule has 0 saturated carbocycles. The molecule has 1 N–H and O–H groups in total. The number of nitrogens with zero attached hydrogens (tertiary/aromatic N) is 1. The number of anilines is 1. The van der Waals surface area contributed by atoms with E-state index in [0.717, 1.165) is 34.0 Å². The number of pyridine rings is 1. The summed E-state index contributed by atoms with van der Waals surface area (Å²) < 4.78 is 44.5. The van der Waals surface area contributed by atoms with Gasteiger partial charge in [0.1, 0.15) is 16.0 Å². The molecule has 1 amide bonds. The number of benzene rings is 2. The van der Waals surface area contributed by atoms with E-state index in [1.54, 1.807) is 7.11 Å². The van der Waals surface area contributed by atoms with E-state index in [1.807, 2.05) is 49.8 Å². The lowest BCUT2D eigenvalue weighted by molar-refractivity contribution is -0.137. The molecule has 4 nitrogen and oxygen atoms in total. The predicted molar refractivity (Wildman–Crippen MR) is 140 cm³/mol. The van der Waals surface area contributed by atoms with E-state index in [4.69, 9.17) is 4.74 Å². The van der Waals surface area contributed by atoms with Gasteiger partial charge in [-0.2, -0.15) is 13.2 Å². The van der Waals surface area contributed by atoms with Gasteiger partial charge in [-0.05, 0) is 60.9 Å². The summed E-state index contributed by atoms with van der Waals surface area (Å²) in [5, 5.41) is 2.96. The number of hydrogen-bond donors (Lipinski definition) is 1. The number of hydrogen-bond acceptors (Lipinski definition) is 6. The van der Waals surface area contributed by atoms with Gasteiger partial charge in [0.05, 0.1) is 18.4 Å². The van der Waals surface area contributed by atoms with Gasteiger partial charge < -0.3 is 10.1 Å². The molecule has 1 atom stereocenters. The molecule has 0 saturated heterocycles. The molecule has 1 unspecified atom stereocenters. The largest absolute Gasteiger partial charge is 0.497 e. The summed E-state index contributed by atoms with van der Waals surface area (Å²) in [7, 11) is 1.58. The van der Waals surface area contributed by atoms with Crippen molar-refractivity contribution >= 4 is 46.9 Å². The van der Waals surface area contributed by atoms with E-state index in [-0.39, 0.29) is 5.91 Å². The summed E-state index contributed by atoms with van der Waals surface area (Å²) in [6.07, 6.45) is -0.645. The fraction of sp³-hybridized carbons (Fsp3) is 0.280. The molecule has 3 aromatic rings. The van der Waals surface area contributed by atoms with Gasteiger partial charge in [-0.15, -0.1) is 35.3 Å². The quantitative estimate of drug-likeness (QED) is 0.285. The zero-order valence-electron chi connectivity index (χ0n) is 19.6. The van der Waals surface area contributed by atoms with Crippen LogP contribution in [0.2, 0.25) is 0 Å². The van der Waals surface area contributed by atoms with Crippen LogP contribution in [0.3, 0.4) is 0 Å². The first-order valence-corrected chi connectivity index (χ1v) is 14.0. The van der Waals surface area contributed by atoms with Gasteiger partial charge in [0.2, 0.25) is 5.91 Å². The number of rotatable bonds is 9. The second kappa shape index (κ2) is 12.1. The minimum absolute atomic E-state index is 0.320. The molecular formula is C25H25F3N2O2S3. The molecule has 0 aliphatic heterocycles. The summed E-state index contributed by atoms with van der Waals surface area (Å²) in [6, 6.07) is 14.1. The van der Waals surface area contributed by atoms with Crippen molar-refractivity contribution in [2.75, 3.05) is 24.9 Å². The smallest absolute Gasteiger partial charge is 0.416 e. The third-order valence-electron chi connectivity index (χ3n) is 5.09. The fourth-order valence-corrected chi connectivity index (χ4v) is 5.72. The van der Waals surface area contributed by atoms with E-state index in [0.29, 0.717) is 22.0 Å². The van der Waals surface area contributed by atoms with Gasteiger partial charge in [0.15, 0.2) is 0 Å². The molecule has 186 valence electrons. The Bertz CT molecular complexity index is 1130. The van der Waals surface area contributed by atoms with Crippen molar-refractivity contribution < 1.29 is 22.7 Å². The lowest BCUT2D eigenvalue weighted by Crippen LogP contribution is -2.20. The fourth-order valence-electron chi connectivity index (χ4n) is 3.30. The molecule has 0 bridgehead atoms. The van der Waals surface area contributed by atoms with Gasteiger partial charge in [0.25, 0.3) is 0 Å². The van der Waals surface area contributed by atoms with Gasteiger partial charge in [0, 0.05) is 16.3 Å². The molecule has 0 aliphatic carbocycles. The maximum absolute atomic E-state index is 13.5. The highest BCUT2D eigenvalue weighted by atomic mass is 32.2. The van der Waals surface area contributed by atoms with Crippen molar-refractivity contribution in [2.45, 2.75) is 34.0 Å². The second-order valence-electron chi connectivity index (χ2n) is 7.50. The van der Waals surface area contributed by atoms with E-state index in [2.05, 4.69) is 10.3 Å². The second-order valence-corrected chi connectivity index (χ2v) is 10.2. The first kappa shape index (κ1) is 27.3. The summed E-state index contributed by atoms with van der Waals surface area (Å²) in [5.41, 5.74) is 2.16. The highest BCUT2D eigenvalue weighted by molar-refractivity contribution is 8.00.